The average molecular weight is 527 g/mol. The number of carbonyl (C=O) groups is 1. The monoisotopic (exact) mass is 524 g/mol. The van der Waals surface area contributed by atoms with E-state index >= 15 is 0 Å². The molecule has 30 heavy (non-hydrogen) atoms. The summed E-state index contributed by atoms with van der Waals surface area (Å²) in [6.45, 7) is 0.197. The third kappa shape index (κ3) is 5.79. The molecule has 0 heterocycles. The minimum absolute atomic E-state index is 0.0903. The van der Waals surface area contributed by atoms with Crippen LogP contribution < -0.4 is 9.47 Å². The molecular formula is C23H16BrCl3O3. The van der Waals surface area contributed by atoms with Crippen LogP contribution in [0.15, 0.2) is 65.1 Å². The maximum Gasteiger partial charge on any atom is 0.185 e. The minimum Gasteiger partial charge on any atom is -0.496 e. The molecule has 0 radical (unpaired) electrons. The molecule has 0 fully saturated rings. The van der Waals surface area contributed by atoms with Gasteiger partial charge < -0.3 is 9.47 Å². The number of hydrogen-bond donors (Lipinski definition) is 0. The largest absolute Gasteiger partial charge is 0.496 e. The van der Waals surface area contributed by atoms with Crippen molar-refractivity contribution in [2.75, 3.05) is 7.11 Å². The zero-order chi connectivity index (χ0) is 21.7. The van der Waals surface area contributed by atoms with E-state index in [0.717, 1.165) is 15.6 Å². The Kier molecular flexibility index (Phi) is 7.84. The van der Waals surface area contributed by atoms with Crippen LogP contribution in [0.5, 0.6) is 11.5 Å². The number of ether oxygens (including phenoxy) is 2. The molecule has 154 valence electrons. The van der Waals surface area contributed by atoms with Crippen molar-refractivity contribution < 1.29 is 14.3 Å². The van der Waals surface area contributed by atoms with Crippen LogP contribution in [0.3, 0.4) is 0 Å². The molecule has 3 aromatic rings. The van der Waals surface area contributed by atoms with Gasteiger partial charge in [-0.1, -0.05) is 75.0 Å². The summed E-state index contributed by atoms with van der Waals surface area (Å²) in [5.74, 6) is 0.980. The Bertz CT molecular complexity index is 1110. The molecule has 0 saturated carbocycles. The number of halogens is 4. The third-order valence-corrected chi connectivity index (χ3v) is 5.71. The van der Waals surface area contributed by atoms with Crippen LogP contribution in [0.4, 0.5) is 0 Å². The Morgan fingerprint density at radius 3 is 2.47 bits per heavy atom. The highest BCUT2D eigenvalue weighted by Gasteiger charge is 2.10. The van der Waals surface area contributed by atoms with Gasteiger partial charge in [0, 0.05) is 21.7 Å². The highest BCUT2D eigenvalue weighted by molar-refractivity contribution is 9.10. The van der Waals surface area contributed by atoms with E-state index in [1.165, 1.54) is 12.1 Å². The van der Waals surface area contributed by atoms with Gasteiger partial charge in [0.05, 0.1) is 22.2 Å². The first-order valence-corrected chi connectivity index (χ1v) is 10.7. The van der Waals surface area contributed by atoms with Crippen molar-refractivity contribution in [2.24, 2.45) is 0 Å². The maximum absolute atomic E-state index is 12.4. The van der Waals surface area contributed by atoms with E-state index in [1.807, 2.05) is 30.3 Å². The number of rotatable bonds is 7. The second kappa shape index (κ2) is 10.4. The Morgan fingerprint density at radius 2 is 1.73 bits per heavy atom. The molecule has 3 aromatic carbocycles. The lowest BCUT2D eigenvalue weighted by Crippen LogP contribution is -2.00. The smallest absolute Gasteiger partial charge is 0.185 e. The quantitative estimate of drug-likeness (QED) is 0.178. The summed E-state index contributed by atoms with van der Waals surface area (Å²) in [5.41, 5.74) is 2.22. The van der Waals surface area contributed by atoms with Crippen molar-refractivity contribution >= 4 is 62.6 Å². The molecule has 3 nitrogen and oxygen atoms in total. The van der Waals surface area contributed by atoms with E-state index in [-0.39, 0.29) is 12.4 Å². The Morgan fingerprint density at radius 1 is 0.967 bits per heavy atom. The zero-order valence-corrected chi connectivity index (χ0v) is 19.6. The van der Waals surface area contributed by atoms with Crippen molar-refractivity contribution in [2.45, 2.75) is 6.61 Å². The number of benzene rings is 3. The first-order chi connectivity index (χ1) is 14.4. The summed E-state index contributed by atoms with van der Waals surface area (Å²) in [5, 5.41) is 1.07. The second-order valence-electron chi connectivity index (χ2n) is 6.26. The van der Waals surface area contributed by atoms with Gasteiger partial charge in [-0.15, -0.1) is 0 Å². The number of allylic oxidation sites excluding steroid dienone is 1. The molecule has 0 aromatic heterocycles. The molecule has 0 saturated heterocycles. The van der Waals surface area contributed by atoms with Gasteiger partial charge in [-0.25, -0.2) is 0 Å². The third-order valence-electron chi connectivity index (χ3n) is 4.20. The molecule has 0 aliphatic carbocycles. The van der Waals surface area contributed by atoms with Crippen LogP contribution in [0.1, 0.15) is 21.5 Å². The molecule has 3 rings (SSSR count). The Balaban J connectivity index is 1.78. The van der Waals surface area contributed by atoms with E-state index in [4.69, 9.17) is 44.3 Å². The number of hydrogen-bond acceptors (Lipinski definition) is 3. The lowest BCUT2D eigenvalue weighted by Gasteiger charge is -2.13. The van der Waals surface area contributed by atoms with Gasteiger partial charge in [0.15, 0.2) is 5.78 Å². The molecular weight excluding hydrogens is 511 g/mol. The van der Waals surface area contributed by atoms with E-state index in [9.17, 15) is 4.79 Å². The molecule has 0 spiro atoms. The fourth-order valence-corrected chi connectivity index (χ4v) is 3.69. The van der Waals surface area contributed by atoms with Crippen LogP contribution in [0.2, 0.25) is 15.1 Å². The van der Waals surface area contributed by atoms with Crippen LogP contribution in [-0.4, -0.2) is 12.9 Å². The van der Waals surface area contributed by atoms with Crippen molar-refractivity contribution in [1.82, 2.24) is 0 Å². The van der Waals surface area contributed by atoms with Crippen molar-refractivity contribution in [1.29, 1.82) is 0 Å². The van der Waals surface area contributed by atoms with Crippen LogP contribution in [0, 0.1) is 0 Å². The van der Waals surface area contributed by atoms with E-state index in [1.54, 1.807) is 31.4 Å². The number of ketones is 1. The Hall–Kier alpha value is -1.98. The van der Waals surface area contributed by atoms with Crippen LogP contribution in [0.25, 0.3) is 6.08 Å². The van der Waals surface area contributed by atoms with Gasteiger partial charge in [-0.05, 0) is 42.0 Å². The molecule has 0 aliphatic heterocycles. The van der Waals surface area contributed by atoms with E-state index in [2.05, 4.69) is 15.9 Å². The van der Waals surface area contributed by atoms with E-state index in [0.29, 0.717) is 32.1 Å². The van der Waals surface area contributed by atoms with Crippen molar-refractivity contribution in [3.05, 3.63) is 96.9 Å². The molecule has 0 N–H and O–H groups in total. The van der Waals surface area contributed by atoms with Gasteiger partial charge in [0.2, 0.25) is 0 Å². The minimum atomic E-state index is -0.0903. The summed E-state index contributed by atoms with van der Waals surface area (Å²) >= 11 is 21.5. The average Bonchev–Trinajstić information content (AvgIpc) is 2.73. The predicted octanol–water partition coefficient (Wildman–Crippen LogP) is 7.89. The molecule has 0 unspecified atom stereocenters. The topological polar surface area (TPSA) is 35.5 Å². The maximum atomic E-state index is 12.4. The summed E-state index contributed by atoms with van der Waals surface area (Å²) in [4.78, 5) is 12.4. The van der Waals surface area contributed by atoms with Crippen LogP contribution in [-0.2, 0) is 6.61 Å². The SMILES string of the molecule is COc1ccc(/C=C/C(=O)c2cccc(Br)c2)cc1COc1cc(Cl)c(Cl)cc1Cl. The van der Waals surface area contributed by atoms with Crippen molar-refractivity contribution in [3.63, 3.8) is 0 Å². The molecule has 0 amide bonds. The van der Waals surface area contributed by atoms with Crippen molar-refractivity contribution in [3.8, 4) is 11.5 Å². The standard InChI is InChI=1S/C23H16BrCl3O3/c1-29-22-8-6-14(5-7-21(28)15-3-2-4-17(24)10-15)9-16(22)13-30-23-12-19(26)18(25)11-20(23)27/h2-12H,13H2,1H3/b7-5+. The normalized spacial score (nSPS) is 11.0. The molecule has 0 atom stereocenters. The highest BCUT2D eigenvalue weighted by Crippen LogP contribution is 2.34. The molecule has 0 bridgehead atoms. The zero-order valence-electron chi connectivity index (χ0n) is 15.8. The summed E-state index contributed by atoms with van der Waals surface area (Å²) in [7, 11) is 1.58. The number of methoxy groups -OCH3 is 1. The first kappa shape index (κ1) is 22.7. The van der Waals surface area contributed by atoms with Gasteiger partial charge in [0.25, 0.3) is 0 Å². The van der Waals surface area contributed by atoms with Gasteiger partial charge >= 0.3 is 0 Å². The second-order valence-corrected chi connectivity index (χ2v) is 8.40. The predicted molar refractivity (Wildman–Crippen MR) is 126 cm³/mol. The number of carbonyl (C=O) groups excluding carboxylic acids is 1. The van der Waals surface area contributed by atoms with E-state index < -0.39 is 0 Å². The fourth-order valence-electron chi connectivity index (χ4n) is 2.70. The summed E-state index contributed by atoms with van der Waals surface area (Å²) in [6, 6.07) is 15.9. The van der Waals surface area contributed by atoms with Gasteiger partial charge in [-0.3, -0.25) is 4.79 Å². The Labute approximate surface area is 198 Å². The fraction of sp³-hybridized carbons (Fsp3) is 0.0870. The molecule has 7 heteroatoms. The first-order valence-electron chi connectivity index (χ1n) is 8.79. The lowest BCUT2D eigenvalue weighted by molar-refractivity contribution is 0.104. The summed E-state index contributed by atoms with van der Waals surface area (Å²) in [6.07, 6.45) is 3.28. The van der Waals surface area contributed by atoms with Crippen LogP contribution >= 0.6 is 50.7 Å². The van der Waals surface area contributed by atoms with Gasteiger partial charge in [-0.2, -0.15) is 0 Å². The summed E-state index contributed by atoms with van der Waals surface area (Å²) < 4.78 is 12.1. The molecule has 0 aliphatic rings. The van der Waals surface area contributed by atoms with Gasteiger partial charge in [0.1, 0.15) is 18.1 Å². The highest BCUT2D eigenvalue weighted by atomic mass is 79.9. The lowest BCUT2D eigenvalue weighted by atomic mass is 10.1.